The fourth-order valence-corrected chi connectivity index (χ4v) is 5.36. The average molecular weight is 411 g/mol. The molecule has 0 amide bonds. The normalized spacial score (nSPS) is 13.0. The molecule has 0 aromatic heterocycles. The van der Waals surface area contributed by atoms with E-state index in [9.17, 15) is 0 Å². The molecule has 0 N–H and O–H groups in total. The molecule has 3 aromatic carbocycles. The van der Waals surface area contributed by atoms with Crippen molar-refractivity contribution in [3.63, 3.8) is 0 Å². The van der Waals surface area contributed by atoms with Crippen LogP contribution < -0.4 is 25.9 Å². The standard InChI is InChI=1S/C21H16IO/c1-2-6-16(7-3-1)15-23-19-12-10-17(11-13-19)21-14-18-8-4-5-9-20(18)22-21/h1-14H,15H2/q-1. The van der Waals surface area contributed by atoms with Gasteiger partial charge in [0, 0.05) is 0 Å². The van der Waals surface area contributed by atoms with E-state index >= 15 is 0 Å². The second-order valence-corrected chi connectivity index (χ2v) is 8.27. The van der Waals surface area contributed by atoms with Gasteiger partial charge in [0.25, 0.3) is 0 Å². The van der Waals surface area contributed by atoms with Crippen molar-refractivity contribution in [3.05, 3.63) is 99.1 Å². The van der Waals surface area contributed by atoms with E-state index in [2.05, 4.69) is 66.7 Å². The number of hydrogen-bond donors (Lipinski definition) is 0. The van der Waals surface area contributed by atoms with Gasteiger partial charge in [-0.15, -0.1) is 0 Å². The van der Waals surface area contributed by atoms with Crippen molar-refractivity contribution >= 4 is 9.66 Å². The first kappa shape index (κ1) is 14.5. The summed E-state index contributed by atoms with van der Waals surface area (Å²) in [6.07, 6.45) is 2.34. The van der Waals surface area contributed by atoms with Crippen LogP contribution in [0.15, 0.2) is 78.9 Å². The van der Waals surface area contributed by atoms with Crippen LogP contribution >= 0.6 is 0 Å². The van der Waals surface area contributed by atoms with E-state index in [1.165, 1.54) is 23.8 Å². The second kappa shape index (κ2) is 6.59. The van der Waals surface area contributed by atoms with Crippen LogP contribution in [0.3, 0.4) is 0 Å². The minimum atomic E-state index is -0.0567. The topological polar surface area (TPSA) is 9.23 Å². The van der Waals surface area contributed by atoms with Crippen LogP contribution in [-0.2, 0) is 6.61 Å². The maximum atomic E-state index is 5.86. The molecule has 0 saturated heterocycles. The molecule has 0 aliphatic carbocycles. The Morgan fingerprint density at radius 2 is 1.48 bits per heavy atom. The van der Waals surface area contributed by atoms with E-state index in [1.807, 2.05) is 18.2 Å². The maximum absolute atomic E-state index is 5.86. The van der Waals surface area contributed by atoms with Gasteiger partial charge in [-0.25, -0.2) is 0 Å². The Morgan fingerprint density at radius 3 is 2.26 bits per heavy atom. The van der Waals surface area contributed by atoms with Gasteiger partial charge in [-0.05, 0) is 0 Å². The van der Waals surface area contributed by atoms with Gasteiger partial charge in [0.15, 0.2) is 0 Å². The van der Waals surface area contributed by atoms with E-state index in [-0.39, 0.29) is 21.2 Å². The van der Waals surface area contributed by atoms with Crippen LogP contribution in [0.1, 0.15) is 16.7 Å². The molecule has 0 fully saturated rings. The number of benzene rings is 3. The molecule has 4 rings (SSSR count). The predicted molar refractivity (Wildman–Crippen MR) is 90.2 cm³/mol. The summed E-state index contributed by atoms with van der Waals surface area (Å²) >= 11 is -0.0567. The monoisotopic (exact) mass is 411 g/mol. The molecule has 3 aromatic rings. The molecule has 0 atom stereocenters. The molecule has 2 heteroatoms. The van der Waals surface area contributed by atoms with Crippen LogP contribution in [0.4, 0.5) is 0 Å². The molecule has 1 heterocycles. The van der Waals surface area contributed by atoms with Gasteiger partial charge in [0.05, 0.1) is 0 Å². The van der Waals surface area contributed by atoms with Gasteiger partial charge in [0.2, 0.25) is 0 Å². The van der Waals surface area contributed by atoms with Gasteiger partial charge in [-0.1, -0.05) is 0 Å². The van der Waals surface area contributed by atoms with Crippen LogP contribution in [0.2, 0.25) is 0 Å². The van der Waals surface area contributed by atoms with Crippen molar-refractivity contribution in [2.24, 2.45) is 0 Å². The third-order valence-corrected chi connectivity index (χ3v) is 6.85. The Morgan fingerprint density at radius 1 is 0.739 bits per heavy atom. The van der Waals surface area contributed by atoms with E-state index < -0.39 is 0 Å². The predicted octanol–water partition coefficient (Wildman–Crippen LogP) is 2.04. The zero-order valence-electron chi connectivity index (χ0n) is 12.6. The van der Waals surface area contributed by atoms with Gasteiger partial charge < -0.3 is 0 Å². The van der Waals surface area contributed by atoms with Gasteiger partial charge in [0.1, 0.15) is 0 Å². The molecule has 0 saturated carbocycles. The molecule has 114 valence electrons. The minimum absolute atomic E-state index is 0.0567. The zero-order valence-corrected chi connectivity index (χ0v) is 14.7. The Bertz CT molecular complexity index is 835. The summed E-state index contributed by atoms with van der Waals surface area (Å²) < 4.78 is 8.87. The summed E-state index contributed by atoms with van der Waals surface area (Å²) in [5.41, 5.74) is 3.90. The number of fused-ring (bicyclic) bond motifs is 1. The number of hydrogen-bond acceptors (Lipinski definition) is 1. The molecule has 1 aliphatic rings. The fraction of sp³-hybridized carbons (Fsp3) is 0.0476. The molecule has 1 nitrogen and oxygen atoms in total. The third kappa shape index (κ3) is 3.32. The fourth-order valence-electron chi connectivity index (χ4n) is 2.54. The van der Waals surface area contributed by atoms with Crippen LogP contribution in [0.5, 0.6) is 5.75 Å². The Hall–Kier alpha value is -2.07. The first-order valence-electron chi connectivity index (χ1n) is 7.61. The molecular formula is C21H16IO-. The number of ether oxygens (including phenoxy) is 1. The quantitative estimate of drug-likeness (QED) is 0.598. The van der Waals surface area contributed by atoms with E-state index in [0.29, 0.717) is 6.61 Å². The summed E-state index contributed by atoms with van der Waals surface area (Å²) in [4.78, 5) is 0. The first-order valence-corrected chi connectivity index (χ1v) is 9.77. The molecule has 0 bridgehead atoms. The summed E-state index contributed by atoms with van der Waals surface area (Å²) in [5, 5.41) is 0. The number of rotatable bonds is 4. The average Bonchev–Trinajstić information content (AvgIpc) is 3.05. The van der Waals surface area contributed by atoms with Crippen LogP contribution in [0, 0.1) is 3.57 Å². The third-order valence-electron chi connectivity index (χ3n) is 3.77. The van der Waals surface area contributed by atoms with Crippen molar-refractivity contribution in [3.8, 4) is 5.75 Å². The SMILES string of the molecule is C1=C(c2ccc(OCc3ccccc3)cc2)[I-]c2ccccc21. The van der Waals surface area contributed by atoms with E-state index in [1.54, 1.807) is 0 Å². The van der Waals surface area contributed by atoms with Crippen molar-refractivity contribution in [1.29, 1.82) is 0 Å². The molecular weight excluding hydrogens is 395 g/mol. The van der Waals surface area contributed by atoms with E-state index in [0.717, 1.165) is 5.75 Å². The van der Waals surface area contributed by atoms with Gasteiger partial charge in [-0.2, -0.15) is 0 Å². The molecule has 0 radical (unpaired) electrons. The van der Waals surface area contributed by atoms with Crippen molar-refractivity contribution in [2.75, 3.05) is 0 Å². The first-order chi connectivity index (χ1) is 11.4. The summed E-state index contributed by atoms with van der Waals surface area (Å²) in [5.74, 6) is 0.923. The zero-order chi connectivity index (χ0) is 15.5. The molecule has 1 aliphatic heterocycles. The van der Waals surface area contributed by atoms with Crippen molar-refractivity contribution < 1.29 is 25.9 Å². The summed E-state index contributed by atoms with van der Waals surface area (Å²) in [6, 6.07) is 27.5. The second-order valence-electron chi connectivity index (χ2n) is 5.41. The van der Waals surface area contributed by atoms with E-state index in [4.69, 9.17) is 4.74 Å². The van der Waals surface area contributed by atoms with Gasteiger partial charge in [-0.3, -0.25) is 0 Å². The van der Waals surface area contributed by atoms with Gasteiger partial charge >= 0.3 is 147 Å². The van der Waals surface area contributed by atoms with Crippen molar-refractivity contribution in [2.45, 2.75) is 6.61 Å². The van der Waals surface area contributed by atoms with Crippen LogP contribution in [-0.4, -0.2) is 0 Å². The molecule has 0 spiro atoms. The number of halogens is 1. The molecule has 0 unspecified atom stereocenters. The Labute approximate surface area is 146 Å². The summed E-state index contributed by atoms with van der Waals surface area (Å²) in [6.45, 7) is 0.612. The Kier molecular flexibility index (Phi) is 4.16. The Balaban J connectivity index is 1.45. The summed E-state index contributed by atoms with van der Waals surface area (Å²) in [7, 11) is 0. The molecule has 23 heavy (non-hydrogen) atoms. The van der Waals surface area contributed by atoms with Crippen LogP contribution in [0.25, 0.3) is 9.66 Å². The van der Waals surface area contributed by atoms with Crippen molar-refractivity contribution in [1.82, 2.24) is 0 Å².